The zero-order valence-electron chi connectivity index (χ0n) is 7.26. The predicted molar refractivity (Wildman–Crippen MR) is 56.8 cm³/mol. The van der Waals surface area contributed by atoms with Gasteiger partial charge in [0, 0.05) is 6.42 Å². The average molecular weight is 234 g/mol. The lowest BCUT2D eigenvalue weighted by molar-refractivity contribution is -0.136. The Balaban J connectivity index is 2.84. The van der Waals surface area contributed by atoms with Crippen molar-refractivity contribution in [1.82, 2.24) is 0 Å². The zero-order chi connectivity index (χ0) is 10.7. The lowest BCUT2D eigenvalue weighted by atomic mass is 10.1. The van der Waals surface area contributed by atoms with E-state index in [1.54, 1.807) is 12.1 Å². The maximum atomic E-state index is 10.3. The van der Waals surface area contributed by atoms with Gasteiger partial charge < -0.3 is 10.8 Å². The number of hydrogen-bond acceptors (Lipinski definition) is 2. The van der Waals surface area contributed by atoms with Gasteiger partial charge in [0.2, 0.25) is 0 Å². The number of carboxylic acid groups (broad SMARTS) is 1. The summed E-state index contributed by atoms with van der Waals surface area (Å²) in [5.74, 6) is -0.853. The molecule has 1 aromatic carbocycles. The molecular formula is C9H9Cl2NO2. The first-order chi connectivity index (χ1) is 6.50. The van der Waals surface area contributed by atoms with Gasteiger partial charge in [-0.05, 0) is 24.1 Å². The van der Waals surface area contributed by atoms with E-state index in [4.69, 9.17) is 34.0 Å². The van der Waals surface area contributed by atoms with Crippen molar-refractivity contribution in [2.45, 2.75) is 12.8 Å². The van der Waals surface area contributed by atoms with Crippen LogP contribution in [0.4, 0.5) is 5.69 Å². The molecule has 3 nitrogen and oxygen atoms in total. The van der Waals surface area contributed by atoms with E-state index in [2.05, 4.69) is 0 Å². The Morgan fingerprint density at radius 1 is 1.36 bits per heavy atom. The van der Waals surface area contributed by atoms with Crippen LogP contribution in [0.25, 0.3) is 0 Å². The molecule has 0 amide bonds. The maximum absolute atomic E-state index is 10.3. The van der Waals surface area contributed by atoms with E-state index in [0.717, 1.165) is 5.56 Å². The Bertz CT molecular complexity index is 343. The number of carboxylic acids is 1. The summed E-state index contributed by atoms with van der Waals surface area (Å²) >= 11 is 11.6. The molecule has 0 radical (unpaired) electrons. The van der Waals surface area contributed by atoms with E-state index in [1.807, 2.05) is 0 Å². The standard InChI is InChI=1S/C9H9Cl2NO2/c10-6-3-5(1-2-8(13)14)4-7(11)9(6)12/h3-4H,1-2,12H2,(H,13,14). The van der Waals surface area contributed by atoms with Crippen LogP contribution in [0.15, 0.2) is 12.1 Å². The molecule has 0 aliphatic heterocycles. The Morgan fingerprint density at radius 3 is 2.29 bits per heavy atom. The van der Waals surface area contributed by atoms with Gasteiger partial charge in [-0.15, -0.1) is 0 Å². The second kappa shape index (κ2) is 4.53. The third kappa shape index (κ3) is 2.79. The van der Waals surface area contributed by atoms with E-state index < -0.39 is 5.97 Å². The highest BCUT2D eigenvalue weighted by molar-refractivity contribution is 6.38. The van der Waals surface area contributed by atoms with Crippen LogP contribution >= 0.6 is 23.2 Å². The van der Waals surface area contributed by atoms with Gasteiger partial charge in [0.1, 0.15) is 0 Å². The summed E-state index contributed by atoms with van der Waals surface area (Å²) < 4.78 is 0. The predicted octanol–water partition coefficient (Wildman–Crippen LogP) is 2.59. The number of nitrogens with two attached hydrogens (primary N) is 1. The molecule has 0 heterocycles. The molecule has 0 fully saturated rings. The molecule has 0 saturated heterocycles. The number of aryl methyl sites for hydroxylation is 1. The van der Waals surface area contributed by atoms with Gasteiger partial charge in [-0.25, -0.2) is 0 Å². The summed E-state index contributed by atoms with van der Waals surface area (Å²) in [5.41, 5.74) is 6.63. The highest BCUT2D eigenvalue weighted by Gasteiger charge is 2.06. The third-order valence-electron chi connectivity index (χ3n) is 1.77. The minimum Gasteiger partial charge on any atom is -0.481 e. The van der Waals surface area contributed by atoms with Gasteiger partial charge in [0.05, 0.1) is 15.7 Å². The summed E-state index contributed by atoms with van der Waals surface area (Å²) in [6.07, 6.45) is 0.450. The van der Waals surface area contributed by atoms with Gasteiger partial charge in [-0.1, -0.05) is 23.2 Å². The van der Waals surface area contributed by atoms with Crippen LogP contribution in [0.5, 0.6) is 0 Å². The number of nitrogen functional groups attached to an aromatic ring is 1. The number of hydrogen-bond donors (Lipinski definition) is 2. The lowest BCUT2D eigenvalue weighted by Gasteiger charge is -2.04. The second-order valence-corrected chi connectivity index (χ2v) is 3.68. The van der Waals surface area contributed by atoms with Gasteiger partial charge >= 0.3 is 5.97 Å². The quantitative estimate of drug-likeness (QED) is 0.790. The Labute approximate surface area is 91.4 Å². The molecule has 0 aromatic heterocycles. The Kier molecular flexibility index (Phi) is 3.61. The molecule has 0 bridgehead atoms. The Hall–Kier alpha value is -0.930. The number of rotatable bonds is 3. The zero-order valence-corrected chi connectivity index (χ0v) is 8.77. The van der Waals surface area contributed by atoms with E-state index in [-0.39, 0.29) is 6.42 Å². The van der Waals surface area contributed by atoms with Crippen LogP contribution in [0.3, 0.4) is 0 Å². The highest BCUT2D eigenvalue weighted by Crippen LogP contribution is 2.29. The number of halogens is 2. The van der Waals surface area contributed by atoms with E-state index in [9.17, 15) is 4.79 Å². The molecule has 0 spiro atoms. The minimum atomic E-state index is -0.853. The largest absolute Gasteiger partial charge is 0.481 e. The molecule has 0 aliphatic rings. The number of anilines is 1. The van der Waals surface area contributed by atoms with Crippen molar-refractivity contribution in [1.29, 1.82) is 0 Å². The molecular weight excluding hydrogens is 225 g/mol. The monoisotopic (exact) mass is 233 g/mol. The SMILES string of the molecule is Nc1c(Cl)cc(CCC(=O)O)cc1Cl. The molecule has 5 heteroatoms. The first kappa shape index (κ1) is 11.1. The topological polar surface area (TPSA) is 63.3 Å². The smallest absolute Gasteiger partial charge is 0.303 e. The summed E-state index contributed by atoms with van der Waals surface area (Å²) in [6, 6.07) is 3.26. The minimum absolute atomic E-state index is 0.0522. The molecule has 76 valence electrons. The third-order valence-corrected chi connectivity index (χ3v) is 2.39. The summed E-state index contributed by atoms with van der Waals surface area (Å²) in [7, 11) is 0. The summed E-state index contributed by atoms with van der Waals surface area (Å²) in [6.45, 7) is 0. The van der Waals surface area contributed by atoms with Crippen LogP contribution in [0.1, 0.15) is 12.0 Å². The molecule has 1 rings (SSSR count). The van der Waals surface area contributed by atoms with Gasteiger partial charge in [-0.3, -0.25) is 4.79 Å². The first-order valence-corrected chi connectivity index (χ1v) is 4.71. The van der Waals surface area contributed by atoms with Crippen LogP contribution in [-0.4, -0.2) is 11.1 Å². The summed E-state index contributed by atoms with van der Waals surface area (Å²) in [5, 5.41) is 9.20. The number of benzene rings is 1. The molecule has 0 aliphatic carbocycles. The van der Waals surface area contributed by atoms with Crippen LogP contribution < -0.4 is 5.73 Å². The van der Waals surface area contributed by atoms with Crippen molar-refractivity contribution in [3.8, 4) is 0 Å². The van der Waals surface area contributed by atoms with Crippen molar-refractivity contribution < 1.29 is 9.90 Å². The molecule has 1 aromatic rings. The first-order valence-electron chi connectivity index (χ1n) is 3.96. The highest BCUT2D eigenvalue weighted by atomic mass is 35.5. The van der Waals surface area contributed by atoms with Crippen molar-refractivity contribution in [2.24, 2.45) is 0 Å². The fourth-order valence-corrected chi connectivity index (χ4v) is 1.56. The molecule has 0 unspecified atom stereocenters. The number of carbonyl (C=O) groups is 1. The van der Waals surface area contributed by atoms with Crippen molar-refractivity contribution in [3.05, 3.63) is 27.7 Å². The molecule has 0 atom stereocenters. The van der Waals surface area contributed by atoms with Crippen molar-refractivity contribution >= 4 is 34.9 Å². The average Bonchev–Trinajstić information content (AvgIpc) is 2.10. The second-order valence-electron chi connectivity index (χ2n) is 2.87. The maximum Gasteiger partial charge on any atom is 0.303 e. The van der Waals surface area contributed by atoms with Crippen LogP contribution in [0.2, 0.25) is 10.0 Å². The fourth-order valence-electron chi connectivity index (χ4n) is 1.03. The lowest BCUT2D eigenvalue weighted by Crippen LogP contribution is -1.98. The number of aliphatic carboxylic acids is 1. The van der Waals surface area contributed by atoms with Crippen LogP contribution in [-0.2, 0) is 11.2 Å². The van der Waals surface area contributed by atoms with E-state index >= 15 is 0 Å². The van der Waals surface area contributed by atoms with Gasteiger partial charge in [0.25, 0.3) is 0 Å². The van der Waals surface area contributed by atoms with E-state index in [1.165, 1.54) is 0 Å². The Morgan fingerprint density at radius 2 is 1.86 bits per heavy atom. The normalized spacial score (nSPS) is 10.1. The van der Waals surface area contributed by atoms with Crippen LogP contribution in [0, 0.1) is 0 Å². The van der Waals surface area contributed by atoms with Gasteiger partial charge in [-0.2, -0.15) is 0 Å². The molecule has 0 saturated carbocycles. The molecule has 14 heavy (non-hydrogen) atoms. The summed E-state index contributed by atoms with van der Waals surface area (Å²) in [4.78, 5) is 10.3. The van der Waals surface area contributed by atoms with Gasteiger partial charge in [0.15, 0.2) is 0 Å². The molecule has 3 N–H and O–H groups in total. The van der Waals surface area contributed by atoms with Crippen molar-refractivity contribution in [2.75, 3.05) is 5.73 Å². The van der Waals surface area contributed by atoms with Crippen molar-refractivity contribution in [3.63, 3.8) is 0 Å². The van der Waals surface area contributed by atoms with E-state index in [0.29, 0.717) is 22.2 Å². The fraction of sp³-hybridized carbons (Fsp3) is 0.222.